The number of para-hydroxylation sites is 1. The summed E-state index contributed by atoms with van der Waals surface area (Å²) in [5.41, 5.74) is 3.55. The van der Waals surface area contributed by atoms with E-state index in [0.29, 0.717) is 32.7 Å². The van der Waals surface area contributed by atoms with E-state index in [-0.39, 0.29) is 11.4 Å². The molecule has 184 valence electrons. The third-order valence-corrected chi connectivity index (χ3v) is 7.14. The molecule has 0 aliphatic rings. The Bertz CT molecular complexity index is 1310. The van der Waals surface area contributed by atoms with E-state index in [1.807, 2.05) is 0 Å². The molecular weight excluding hydrogens is 513 g/mol. The molecule has 0 saturated carbocycles. The van der Waals surface area contributed by atoms with Crippen molar-refractivity contribution in [3.05, 3.63) is 87.9 Å². The molecule has 3 rings (SSSR count). The highest BCUT2D eigenvalue weighted by Gasteiger charge is 2.27. The maximum absolute atomic E-state index is 13.3. The van der Waals surface area contributed by atoms with Crippen molar-refractivity contribution in [1.29, 1.82) is 0 Å². The minimum atomic E-state index is -4.04. The van der Waals surface area contributed by atoms with Gasteiger partial charge in [0.1, 0.15) is 0 Å². The lowest BCUT2D eigenvalue weighted by molar-refractivity contribution is -0.121. The van der Waals surface area contributed by atoms with Crippen molar-refractivity contribution in [2.75, 3.05) is 20.8 Å². The standard InChI is InChI=1S/C24H23Cl2N3O5S/c1-33-22-8-4-6-18(24(22)34-2)14-27-28-23(30)16-29(15-17-5-3-7-20(26)13-17)35(31,32)21-11-9-19(25)10-12-21/h3-14H,15-16H2,1-2H3,(H,28,30)/b27-14-. The molecule has 0 unspecified atom stereocenters. The summed E-state index contributed by atoms with van der Waals surface area (Å²) in [6, 6.07) is 17.7. The average Bonchev–Trinajstić information content (AvgIpc) is 2.83. The summed E-state index contributed by atoms with van der Waals surface area (Å²) in [7, 11) is -1.04. The fraction of sp³-hybridized carbons (Fsp3) is 0.167. The molecule has 0 atom stereocenters. The van der Waals surface area contributed by atoms with E-state index in [1.54, 1.807) is 42.5 Å². The first kappa shape index (κ1) is 26.5. The lowest BCUT2D eigenvalue weighted by atomic mass is 10.2. The summed E-state index contributed by atoms with van der Waals surface area (Å²) in [6.45, 7) is -0.559. The molecule has 0 aliphatic carbocycles. The molecule has 8 nitrogen and oxygen atoms in total. The Labute approximate surface area is 214 Å². The largest absolute Gasteiger partial charge is 0.493 e. The van der Waals surface area contributed by atoms with Gasteiger partial charge in [-0.15, -0.1) is 0 Å². The summed E-state index contributed by atoms with van der Waals surface area (Å²) in [4.78, 5) is 12.7. The molecule has 0 radical (unpaired) electrons. The topological polar surface area (TPSA) is 97.3 Å². The lowest BCUT2D eigenvalue weighted by Crippen LogP contribution is -2.39. The molecule has 0 heterocycles. The third-order valence-electron chi connectivity index (χ3n) is 4.85. The molecule has 3 aromatic rings. The number of nitrogens with one attached hydrogen (secondary N) is 1. The van der Waals surface area contributed by atoms with Crippen LogP contribution >= 0.6 is 23.2 Å². The number of ether oxygens (including phenoxy) is 2. The van der Waals surface area contributed by atoms with Crippen molar-refractivity contribution in [3.63, 3.8) is 0 Å². The first-order chi connectivity index (χ1) is 16.7. The molecule has 1 amide bonds. The molecule has 0 bridgehead atoms. The Kier molecular flexibility index (Phi) is 9.11. The molecular formula is C24H23Cl2N3O5S. The van der Waals surface area contributed by atoms with Crippen molar-refractivity contribution in [2.45, 2.75) is 11.4 Å². The highest BCUT2D eigenvalue weighted by Crippen LogP contribution is 2.29. The number of hydrogen-bond donors (Lipinski definition) is 1. The Morgan fingerprint density at radius 2 is 1.71 bits per heavy atom. The van der Waals surface area contributed by atoms with Crippen molar-refractivity contribution in [3.8, 4) is 11.5 Å². The van der Waals surface area contributed by atoms with Gasteiger partial charge in [-0.3, -0.25) is 4.79 Å². The quantitative estimate of drug-likeness (QED) is 0.307. The smallest absolute Gasteiger partial charge is 0.255 e. The Morgan fingerprint density at radius 3 is 2.37 bits per heavy atom. The van der Waals surface area contributed by atoms with Gasteiger partial charge in [0.25, 0.3) is 5.91 Å². The van der Waals surface area contributed by atoms with Gasteiger partial charge in [0.15, 0.2) is 11.5 Å². The van der Waals surface area contributed by atoms with E-state index in [0.717, 1.165) is 4.31 Å². The van der Waals surface area contributed by atoms with Crippen molar-refractivity contribution >= 4 is 45.3 Å². The van der Waals surface area contributed by atoms with Gasteiger partial charge in [0.2, 0.25) is 10.0 Å². The van der Waals surface area contributed by atoms with Crippen LogP contribution in [0, 0.1) is 0 Å². The zero-order valence-electron chi connectivity index (χ0n) is 18.9. The molecule has 11 heteroatoms. The van der Waals surface area contributed by atoms with Crippen LogP contribution in [0.4, 0.5) is 0 Å². The van der Waals surface area contributed by atoms with Crippen LogP contribution in [-0.4, -0.2) is 45.6 Å². The zero-order valence-corrected chi connectivity index (χ0v) is 21.3. The molecule has 35 heavy (non-hydrogen) atoms. The van der Waals surface area contributed by atoms with Crippen LogP contribution < -0.4 is 14.9 Å². The highest BCUT2D eigenvalue weighted by molar-refractivity contribution is 7.89. The number of amides is 1. The molecule has 0 aromatic heterocycles. The van der Waals surface area contributed by atoms with E-state index in [4.69, 9.17) is 32.7 Å². The van der Waals surface area contributed by atoms with E-state index >= 15 is 0 Å². The van der Waals surface area contributed by atoms with Crippen LogP contribution in [0.3, 0.4) is 0 Å². The number of hydrazone groups is 1. The number of halogens is 2. The van der Waals surface area contributed by atoms with Crippen LogP contribution in [0.25, 0.3) is 0 Å². The van der Waals surface area contributed by atoms with Crippen LogP contribution in [0.2, 0.25) is 10.0 Å². The predicted octanol–water partition coefficient (Wildman–Crippen LogP) is 4.35. The fourth-order valence-corrected chi connectivity index (χ4v) is 4.93. The van der Waals surface area contributed by atoms with Gasteiger partial charge in [-0.1, -0.05) is 41.4 Å². The number of hydrogen-bond acceptors (Lipinski definition) is 6. The van der Waals surface area contributed by atoms with Crippen molar-refractivity contribution < 1.29 is 22.7 Å². The molecule has 0 fully saturated rings. The third kappa shape index (κ3) is 6.95. The average molecular weight is 536 g/mol. The number of rotatable bonds is 10. The van der Waals surface area contributed by atoms with E-state index in [9.17, 15) is 13.2 Å². The van der Waals surface area contributed by atoms with Gasteiger partial charge in [-0.25, -0.2) is 13.8 Å². The van der Waals surface area contributed by atoms with Gasteiger partial charge in [0, 0.05) is 22.2 Å². The number of benzene rings is 3. The zero-order chi connectivity index (χ0) is 25.4. The van der Waals surface area contributed by atoms with E-state index in [1.165, 1.54) is 44.7 Å². The molecule has 1 N–H and O–H groups in total. The van der Waals surface area contributed by atoms with Gasteiger partial charge >= 0.3 is 0 Å². The SMILES string of the molecule is COc1cccc(/C=N\NC(=O)CN(Cc2cccc(Cl)c2)S(=O)(=O)c2ccc(Cl)cc2)c1OC. The molecule has 0 aliphatic heterocycles. The first-order valence-electron chi connectivity index (χ1n) is 10.3. The molecule has 3 aromatic carbocycles. The monoisotopic (exact) mass is 535 g/mol. The second-order valence-electron chi connectivity index (χ2n) is 7.23. The maximum atomic E-state index is 13.3. The summed E-state index contributed by atoms with van der Waals surface area (Å²) in [6.07, 6.45) is 1.38. The lowest BCUT2D eigenvalue weighted by Gasteiger charge is -2.21. The minimum absolute atomic E-state index is 0.00125. The van der Waals surface area contributed by atoms with Crippen LogP contribution in [0.15, 0.2) is 76.7 Å². The fourth-order valence-electron chi connectivity index (χ4n) is 3.20. The van der Waals surface area contributed by atoms with Gasteiger partial charge in [-0.2, -0.15) is 9.41 Å². The van der Waals surface area contributed by atoms with E-state index < -0.39 is 22.5 Å². The second-order valence-corrected chi connectivity index (χ2v) is 10.0. The summed E-state index contributed by atoms with van der Waals surface area (Å²) < 4.78 is 38.3. The Morgan fingerprint density at radius 1 is 1.00 bits per heavy atom. The number of sulfonamides is 1. The first-order valence-corrected chi connectivity index (χ1v) is 12.5. The highest BCUT2D eigenvalue weighted by atomic mass is 35.5. The number of carbonyl (C=O) groups excluding carboxylic acids is 1. The normalized spacial score (nSPS) is 11.6. The predicted molar refractivity (Wildman–Crippen MR) is 136 cm³/mol. The maximum Gasteiger partial charge on any atom is 0.255 e. The second kappa shape index (κ2) is 12.0. The van der Waals surface area contributed by atoms with Crippen molar-refractivity contribution in [1.82, 2.24) is 9.73 Å². The Hall–Kier alpha value is -3.11. The van der Waals surface area contributed by atoms with Gasteiger partial charge in [0.05, 0.1) is 31.9 Å². The summed E-state index contributed by atoms with van der Waals surface area (Å²) in [5, 5.41) is 4.79. The number of nitrogens with zero attached hydrogens (tertiary/aromatic N) is 2. The Balaban J connectivity index is 1.81. The van der Waals surface area contributed by atoms with Crippen LogP contribution in [-0.2, 0) is 21.4 Å². The van der Waals surface area contributed by atoms with Crippen LogP contribution in [0.5, 0.6) is 11.5 Å². The minimum Gasteiger partial charge on any atom is -0.493 e. The molecule has 0 spiro atoms. The van der Waals surface area contributed by atoms with Crippen LogP contribution in [0.1, 0.15) is 11.1 Å². The molecule has 0 saturated heterocycles. The van der Waals surface area contributed by atoms with E-state index in [2.05, 4.69) is 10.5 Å². The van der Waals surface area contributed by atoms with Crippen molar-refractivity contribution in [2.24, 2.45) is 5.10 Å². The van der Waals surface area contributed by atoms with Gasteiger partial charge < -0.3 is 9.47 Å². The summed E-state index contributed by atoms with van der Waals surface area (Å²) in [5.74, 6) is 0.313. The number of carbonyl (C=O) groups is 1. The van der Waals surface area contributed by atoms with Gasteiger partial charge in [-0.05, 0) is 54.1 Å². The number of methoxy groups -OCH3 is 2. The summed E-state index contributed by atoms with van der Waals surface area (Å²) >= 11 is 12.0.